The summed E-state index contributed by atoms with van der Waals surface area (Å²) in [6.45, 7) is 2.71. The fourth-order valence-corrected chi connectivity index (χ4v) is 4.10. The number of carbonyl (C=O) groups excluding carboxylic acids is 1. The molecule has 2 unspecified atom stereocenters. The van der Waals surface area contributed by atoms with Crippen molar-refractivity contribution in [1.29, 1.82) is 5.26 Å². The van der Waals surface area contributed by atoms with E-state index in [0.29, 0.717) is 30.3 Å². The number of carboxylic acid groups (broad SMARTS) is 1. The van der Waals surface area contributed by atoms with Crippen LogP contribution in [0.1, 0.15) is 37.8 Å². The van der Waals surface area contributed by atoms with Crippen molar-refractivity contribution in [1.82, 2.24) is 15.3 Å². The average Bonchev–Trinajstić information content (AvgIpc) is 3.28. The van der Waals surface area contributed by atoms with Gasteiger partial charge in [0, 0.05) is 25.9 Å². The van der Waals surface area contributed by atoms with Gasteiger partial charge in [-0.2, -0.15) is 5.26 Å². The molecule has 2 atom stereocenters. The maximum Gasteiger partial charge on any atom is 0.347 e. The molecule has 1 aliphatic rings. The Morgan fingerprint density at radius 1 is 1.57 bits per heavy atom. The van der Waals surface area contributed by atoms with E-state index < -0.39 is 11.9 Å². The molecule has 1 saturated heterocycles. The third-order valence-corrected chi connectivity index (χ3v) is 6.12. The van der Waals surface area contributed by atoms with E-state index in [2.05, 4.69) is 15.3 Å². The number of nitriles is 1. The zero-order chi connectivity index (χ0) is 20.4. The van der Waals surface area contributed by atoms with Crippen LogP contribution < -0.4 is 10.2 Å². The van der Waals surface area contributed by atoms with Gasteiger partial charge in [0.2, 0.25) is 0 Å². The second-order valence-electron chi connectivity index (χ2n) is 6.33. The van der Waals surface area contributed by atoms with Crippen LogP contribution in [0.2, 0.25) is 5.02 Å². The number of nitrogens with one attached hydrogen (secondary N) is 2. The zero-order valence-corrected chi connectivity index (χ0v) is 16.7. The van der Waals surface area contributed by atoms with Crippen molar-refractivity contribution >= 4 is 39.9 Å². The van der Waals surface area contributed by atoms with Gasteiger partial charge in [0.1, 0.15) is 22.2 Å². The van der Waals surface area contributed by atoms with Crippen molar-refractivity contribution in [2.75, 3.05) is 25.1 Å². The van der Waals surface area contributed by atoms with E-state index in [4.69, 9.17) is 21.4 Å². The first kappa shape index (κ1) is 20.1. The number of aromatic amines is 1. The minimum atomic E-state index is -1.01. The molecule has 0 aromatic carbocycles. The predicted molar refractivity (Wildman–Crippen MR) is 103 cm³/mol. The molecule has 3 N–H and O–H groups in total. The van der Waals surface area contributed by atoms with Crippen LogP contribution in [0.15, 0.2) is 6.20 Å². The Morgan fingerprint density at radius 2 is 2.32 bits per heavy atom. The summed E-state index contributed by atoms with van der Waals surface area (Å²) in [6.07, 6.45) is 1.58. The third-order valence-electron chi connectivity index (χ3n) is 4.60. The number of H-pyrrole nitrogens is 1. The highest BCUT2D eigenvalue weighted by Crippen LogP contribution is 2.27. The molecular weight excluding hydrogens is 406 g/mol. The van der Waals surface area contributed by atoms with E-state index in [9.17, 15) is 14.9 Å². The molecule has 1 fully saturated rings. The van der Waals surface area contributed by atoms with Crippen molar-refractivity contribution in [3.8, 4) is 6.07 Å². The van der Waals surface area contributed by atoms with Crippen molar-refractivity contribution < 1.29 is 19.4 Å². The minimum absolute atomic E-state index is 0.118. The number of methoxy groups -OCH3 is 1. The lowest BCUT2D eigenvalue weighted by Crippen LogP contribution is -2.55. The van der Waals surface area contributed by atoms with Crippen LogP contribution in [0, 0.1) is 18.3 Å². The van der Waals surface area contributed by atoms with Crippen LogP contribution >= 0.6 is 22.9 Å². The van der Waals surface area contributed by atoms with Crippen molar-refractivity contribution in [2.24, 2.45) is 0 Å². The van der Waals surface area contributed by atoms with Gasteiger partial charge in [-0.05, 0) is 13.3 Å². The van der Waals surface area contributed by atoms with E-state index in [1.165, 1.54) is 6.20 Å². The van der Waals surface area contributed by atoms with Crippen LogP contribution in [0.5, 0.6) is 0 Å². The summed E-state index contributed by atoms with van der Waals surface area (Å²) in [7, 11) is 1.55. The quantitative estimate of drug-likeness (QED) is 0.670. The molecule has 11 heteroatoms. The number of carboxylic acids is 1. The van der Waals surface area contributed by atoms with E-state index in [0.717, 1.165) is 11.3 Å². The van der Waals surface area contributed by atoms with E-state index in [1.54, 1.807) is 14.0 Å². The number of amides is 1. The normalized spacial score (nSPS) is 19.3. The molecule has 0 spiro atoms. The largest absolute Gasteiger partial charge is 0.477 e. The fourth-order valence-electron chi connectivity index (χ4n) is 3.12. The van der Waals surface area contributed by atoms with Crippen LogP contribution in [0.4, 0.5) is 5.13 Å². The number of ether oxygens (including phenoxy) is 1. The van der Waals surface area contributed by atoms with E-state index in [1.807, 2.05) is 11.0 Å². The monoisotopic (exact) mass is 423 g/mol. The Bertz CT molecular complexity index is 950. The topological polar surface area (TPSA) is 131 Å². The number of aromatic nitrogens is 2. The molecule has 1 amide bonds. The number of rotatable bonds is 5. The fraction of sp³-hybridized carbons (Fsp3) is 0.412. The number of nitrogens with zero attached hydrogens (tertiary/aromatic N) is 3. The number of hydrogen-bond donors (Lipinski definition) is 3. The van der Waals surface area contributed by atoms with Crippen LogP contribution in [-0.2, 0) is 4.74 Å². The van der Waals surface area contributed by atoms with Gasteiger partial charge < -0.3 is 25.0 Å². The Kier molecular flexibility index (Phi) is 5.88. The number of hydrogen-bond acceptors (Lipinski definition) is 7. The van der Waals surface area contributed by atoms with E-state index in [-0.39, 0.29) is 33.3 Å². The molecule has 0 radical (unpaired) electrons. The third kappa shape index (κ3) is 3.82. The maximum absolute atomic E-state index is 12.7. The number of aryl methyl sites for hydroxylation is 1. The number of thiazole rings is 1. The first-order valence-electron chi connectivity index (χ1n) is 8.41. The highest BCUT2D eigenvalue weighted by molar-refractivity contribution is 7.17. The van der Waals surface area contributed by atoms with E-state index >= 15 is 0 Å². The summed E-state index contributed by atoms with van der Waals surface area (Å²) in [4.78, 5) is 32.8. The number of carbonyl (C=O) groups is 2. The highest BCUT2D eigenvalue weighted by atomic mass is 35.5. The van der Waals surface area contributed by atoms with Crippen LogP contribution in [0.3, 0.4) is 0 Å². The van der Waals surface area contributed by atoms with Crippen molar-refractivity contribution in [2.45, 2.75) is 25.5 Å². The lowest BCUT2D eigenvalue weighted by Gasteiger charge is -2.37. The summed E-state index contributed by atoms with van der Waals surface area (Å²) in [5, 5.41) is 22.0. The zero-order valence-electron chi connectivity index (χ0n) is 15.2. The molecule has 9 nitrogen and oxygen atoms in total. The van der Waals surface area contributed by atoms with Gasteiger partial charge in [0.25, 0.3) is 5.91 Å². The maximum atomic E-state index is 12.7. The molecule has 3 heterocycles. The van der Waals surface area contributed by atoms with Gasteiger partial charge in [0.05, 0.1) is 23.4 Å². The number of piperidine rings is 1. The van der Waals surface area contributed by atoms with Gasteiger partial charge in [-0.1, -0.05) is 22.9 Å². The number of aromatic carboxylic acids is 1. The molecule has 148 valence electrons. The van der Waals surface area contributed by atoms with Crippen LogP contribution in [-0.4, -0.2) is 59.3 Å². The Balaban J connectivity index is 1.71. The molecule has 28 heavy (non-hydrogen) atoms. The molecule has 0 saturated carbocycles. The van der Waals surface area contributed by atoms with Gasteiger partial charge in [-0.25, -0.2) is 9.78 Å². The highest BCUT2D eigenvalue weighted by Gasteiger charge is 2.33. The molecule has 0 aliphatic carbocycles. The van der Waals surface area contributed by atoms with Crippen molar-refractivity contribution in [3.05, 3.63) is 33.0 Å². The smallest absolute Gasteiger partial charge is 0.347 e. The second-order valence-corrected chi connectivity index (χ2v) is 7.71. The summed E-state index contributed by atoms with van der Waals surface area (Å²) in [5.74, 6) is -1.43. The van der Waals surface area contributed by atoms with Gasteiger partial charge in [-0.15, -0.1) is 0 Å². The molecule has 0 bridgehead atoms. The first-order valence-corrected chi connectivity index (χ1v) is 9.61. The Hall–Kier alpha value is -2.61. The molecule has 2 aromatic heterocycles. The lowest BCUT2D eigenvalue weighted by atomic mass is 10.0. The summed E-state index contributed by atoms with van der Waals surface area (Å²) < 4.78 is 5.53. The second kappa shape index (κ2) is 8.18. The van der Waals surface area contributed by atoms with Gasteiger partial charge in [-0.3, -0.25) is 4.79 Å². The Labute approximate surface area is 169 Å². The Morgan fingerprint density at radius 3 is 2.93 bits per heavy atom. The van der Waals surface area contributed by atoms with Gasteiger partial charge >= 0.3 is 5.97 Å². The summed E-state index contributed by atoms with van der Waals surface area (Å²) >= 11 is 7.15. The average molecular weight is 424 g/mol. The number of halogens is 1. The summed E-state index contributed by atoms with van der Waals surface area (Å²) in [6, 6.07) is 1.67. The van der Waals surface area contributed by atoms with Crippen molar-refractivity contribution in [3.63, 3.8) is 0 Å². The minimum Gasteiger partial charge on any atom is -0.477 e. The molecule has 3 rings (SSSR count). The van der Waals surface area contributed by atoms with Crippen LogP contribution in [0.25, 0.3) is 0 Å². The summed E-state index contributed by atoms with van der Waals surface area (Å²) in [5.41, 5.74) is 0.805. The predicted octanol–water partition coefficient (Wildman–Crippen LogP) is 2.03. The molecule has 1 aliphatic heterocycles. The first-order chi connectivity index (χ1) is 13.3. The SMILES string of the molecule is COC1CN(c2ncc(C(=O)O)s2)CCC1NC(=O)c1[nH]c(C)c(Cl)c1C#N. The lowest BCUT2D eigenvalue weighted by molar-refractivity contribution is 0.0540. The van der Waals surface area contributed by atoms with Gasteiger partial charge in [0.15, 0.2) is 5.13 Å². The number of anilines is 1. The standard InChI is InChI=1S/C17H18ClN5O4S/c1-8-13(18)9(5-19)14(21-8)15(24)22-10-3-4-23(7-11(10)27-2)17-20-6-12(28-17)16(25)26/h6,10-11,21H,3-4,7H2,1-2H3,(H,22,24)(H,25,26). The molecule has 2 aromatic rings. The molecular formula is C17H18ClN5O4S.